The second kappa shape index (κ2) is 5.26. The third-order valence-corrected chi connectivity index (χ3v) is 1.84. The van der Waals surface area contributed by atoms with Gasteiger partial charge in [0.2, 0.25) is 0 Å². The molecule has 7 nitrogen and oxygen atoms in total. The number of nitro groups is 1. The molecule has 1 rings (SSSR count). The molecule has 0 atom stereocenters. The molecule has 0 fully saturated rings. The molecule has 0 spiro atoms. The van der Waals surface area contributed by atoms with Crippen LogP contribution in [0.4, 0.5) is 16.3 Å². The largest absolute Gasteiger partial charge is 0.450 e. The van der Waals surface area contributed by atoms with Crippen LogP contribution in [0.25, 0.3) is 0 Å². The van der Waals surface area contributed by atoms with Crippen molar-refractivity contribution in [3.05, 3.63) is 27.4 Å². The van der Waals surface area contributed by atoms with Crippen LogP contribution < -0.4 is 5.32 Å². The molecule has 86 valence electrons. The second-order valence-corrected chi connectivity index (χ2v) is 3.03. The Morgan fingerprint density at radius 2 is 2.44 bits per heavy atom. The Kier molecular flexibility index (Phi) is 4.01. The monoisotopic (exact) mass is 245 g/mol. The van der Waals surface area contributed by atoms with Gasteiger partial charge in [0.25, 0.3) is 0 Å². The van der Waals surface area contributed by atoms with Gasteiger partial charge in [-0.15, -0.1) is 0 Å². The number of pyridine rings is 1. The van der Waals surface area contributed by atoms with Gasteiger partial charge in [-0.2, -0.15) is 0 Å². The number of nitrogens with one attached hydrogen (secondary N) is 1. The summed E-state index contributed by atoms with van der Waals surface area (Å²) in [6.45, 7) is 1.86. The van der Waals surface area contributed by atoms with Crippen molar-refractivity contribution in [3.8, 4) is 0 Å². The summed E-state index contributed by atoms with van der Waals surface area (Å²) in [7, 11) is 0. The van der Waals surface area contributed by atoms with E-state index >= 15 is 0 Å². The van der Waals surface area contributed by atoms with Gasteiger partial charge in [0.05, 0.1) is 11.5 Å². The maximum Gasteiger partial charge on any atom is 0.412 e. The van der Waals surface area contributed by atoms with E-state index in [4.69, 9.17) is 11.6 Å². The van der Waals surface area contributed by atoms with Gasteiger partial charge in [0.15, 0.2) is 0 Å². The number of ether oxygens (including phenoxy) is 1. The van der Waals surface area contributed by atoms with E-state index in [1.54, 1.807) is 6.92 Å². The molecule has 0 aliphatic rings. The van der Waals surface area contributed by atoms with Gasteiger partial charge >= 0.3 is 11.8 Å². The Balaban J connectivity index is 2.81. The molecular formula is C8H8ClN3O4. The van der Waals surface area contributed by atoms with Gasteiger partial charge in [0, 0.05) is 6.07 Å². The van der Waals surface area contributed by atoms with Crippen molar-refractivity contribution in [3.63, 3.8) is 0 Å². The minimum Gasteiger partial charge on any atom is -0.450 e. The molecule has 1 heterocycles. The molecule has 0 unspecified atom stereocenters. The Bertz CT molecular complexity index is 424. The Labute approximate surface area is 95.5 Å². The maximum atomic E-state index is 11.0. The number of anilines is 1. The molecule has 0 bridgehead atoms. The summed E-state index contributed by atoms with van der Waals surface area (Å²) in [4.78, 5) is 24.4. The van der Waals surface area contributed by atoms with Gasteiger partial charge in [-0.1, -0.05) is 11.6 Å². The average molecular weight is 246 g/mol. The summed E-state index contributed by atoms with van der Waals surface area (Å²) >= 11 is 5.61. The summed E-state index contributed by atoms with van der Waals surface area (Å²) in [5, 5.41) is 12.6. The number of nitrogens with zero attached hydrogens (tertiary/aromatic N) is 2. The zero-order valence-corrected chi connectivity index (χ0v) is 9.02. The lowest BCUT2D eigenvalue weighted by Gasteiger charge is -2.04. The minimum absolute atomic E-state index is 0.0917. The number of carbonyl (C=O) groups excluding carboxylic acids is 1. The Morgan fingerprint density at radius 3 is 2.94 bits per heavy atom. The highest BCUT2D eigenvalue weighted by molar-refractivity contribution is 6.32. The number of rotatable bonds is 3. The zero-order valence-electron chi connectivity index (χ0n) is 8.27. The number of halogens is 1. The SMILES string of the molecule is CCOC(=O)Nc1cc(Cl)c([N+](=O)[O-])cn1. The van der Waals surface area contributed by atoms with Crippen LogP contribution >= 0.6 is 11.6 Å². The number of hydrogen-bond acceptors (Lipinski definition) is 5. The van der Waals surface area contributed by atoms with Gasteiger partial charge in [-0.3, -0.25) is 15.4 Å². The molecular weight excluding hydrogens is 238 g/mol. The second-order valence-electron chi connectivity index (χ2n) is 2.62. The molecule has 0 aromatic carbocycles. The van der Waals surface area contributed by atoms with Crippen molar-refractivity contribution in [2.75, 3.05) is 11.9 Å². The lowest BCUT2D eigenvalue weighted by atomic mass is 10.4. The van der Waals surface area contributed by atoms with E-state index in [9.17, 15) is 14.9 Å². The lowest BCUT2D eigenvalue weighted by Crippen LogP contribution is -2.14. The van der Waals surface area contributed by atoms with E-state index < -0.39 is 11.0 Å². The highest BCUT2D eigenvalue weighted by Crippen LogP contribution is 2.24. The lowest BCUT2D eigenvalue weighted by molar-refractivity contribution is -0.385. The van der Waals surface area contributed by atoms with Crippen LogP contribution in [0.5, 0.6) is 0 Å². The maximum absolute atomic E-state index is 11.0. The third kappa shape index (κ3) is 3.06. The summed E-state index contributed by atoms with van der Waals surface area (Å²) in [6, 6.07) is 1.18. The summed E-state index contributed by atoms with van der Waals surface area (Å²) in [5.74, 6) is 0.0917. The van der Waals surface area contributed by atoms with Gasteiger partial charge in [0.1, 0.15) is 17.0 Å². The van der Waals surface area contributed by atoms with Crippen molar-refractivity contribution in [2.24, 2.45) is 0 Å². The molecule has 1 aromatic rings. The molecule has 8 heteroatoms. The normalized spacial score (nSPS) is 9.62. The van der Waals surface area contributed by atoms with Crippen LogP contribution in [0.3, 0.4) is 0 Å². The van der Waals surface area contributed by atoms with Gasteiger partial charge in [-0.05, 0) is 6.92 Å². The molecule has 0 radical (unpaired) electrons. The van der Waals surface area contributed by atoms with E-state index in [1.165, 1.54) is 6.07 Å². The number of amides is 1. The van der Waals surface area contributed by atoms with E-state index in [-0.39, 0.29) is 23.1 Å². The van der Waals surface area contributed by atoms with Crippen molar-refractivity contribution in [2.45, 2.75) is 6.92 Å². The topological polar surface area (TPSA) is 94.4 Å². The first-order chi connectivity index (χ1) is 7.54. The van der Waals surface area contributed by atoms with E-state index in [1.807, 2.05) is 0 Å². The highest BCUT2D eigenvalue weighted by atomic mass is 35.5. The molecule has 0 saturated heterocycles. The molecule has 0 aliphatic carbocycles. The third-order valence-electron chi connectivity index (χ3n) is 1.54. The van der Waals surface area contributed by atoms with Crippen LogP contribution in [0, 0.1) is 10.1 Å². The zero-order chi connectivity index (χ0) is 12.1. The van der Waals surface area contributed by atoms with Crippen molar-refractivity contribution in [1.29, 1.82) is 0 Å². The summed E-state index contributed by atoms with van der Waals surface area (Å²) in [6.07, 6.45) is 0.268. The molecule has 1 N–H and O–H groups in total. The highest BCUT2D eigenvalue weighted by Gasteiger charge is 2.14. The van der Waals surface area contributed by atoms with E-state index in [2.05, 4.69) is 15.0 Å². The predicted molar refractivity (Wildman–Crippen MR) is 56.5 cm³/mol. The number of hydrogen-bond donors (Lipinski definition) is 1. The average Bonchev–Trinajstić information content (AvgIpc) is 2.17. The van der Waals surface area contributed by atoms with Gasteiger partial charge in [-0.25, -0.2) is 9.78 Å². The van der Waals surface area contributed by atoms with Crippen LogP contribution in [0.15, 0.2) is 12.3 Å². The van der Waals surface area contributed by atoms with Crippen molar-refractivity contribution in [1.82, 2.24) is 4.98 Å². The molecule has 16 heavy (non-hydrogen) atoms. The molecule has 0 saturated carbocycles. The quantitative estimate of drug-likeness (QED) is 0.651. The Morgan fingerprint density at radius 1 is 1.75 bits per heavy atom. The van der Waals surface area contributed by atoms with Crippen LogP contribution in [0.1, 0.15) is 6.92 Å². The molecule has 1 amide bonds. The van der Waals surface area contributed by atoms with E-state index in [0.717, 1.165) is 6.20 Å². The molecule has 1 aromatic heterocycles. The van der Waals surface area contributed by atoms with Crippen molar-refractivity contribution < 1.29 is 14.5 Å². The number of carbonyl (C=O) groups is 1. The predicted octanol–water partition coefficient (Wildman–Crippen LogP) is 2.21. The summed E-state index contributed by atoms with van der Waals surface area (Å²) in [5.41, 5.74) is -0.323. The first-order valence-electron chi connectivity index (χ1n) is 4.28. The number of aromatic nitrogens is 1. The standard InChI is InChI=1S/C8H8ClN3O4/c1-2-16-8(13)11-7-3-5(9)6(4-10-7)12(14)15/h3-4H,2H2,1H3,(H,10,11,13). The van der Waals surface area contributed by atoms with Crippen LogP contribution in [-0.2, 0) is 4.74 Å². The first-order valence-corrected chi connectivity index (χ1v) is 4.66. The summed E-state index contributed by atoms with van der Waals surface area (Å²) < 4.78 is 4.60. The van der Waals surface area contributed by atoms with Crippen molar-refractivity contribution >= 4 is 29.2 Å². The Hall–Kier alpha value is -1.89. The van der Waals surface area contributed by atoms with Crippen LogP contribution in [0.2, 0.25) is 5.02 Å². The fourth-order valence-electron chi connectivity index (χ4n) is 0.898. The first kappa shape index (κ1) is 12.2. The van der Waals surface area contributed by atoms with Crippen LogP contribution in [-0.4, -0.2) is 22.6 Å². The van der Waals surface area contributed by atoms with Gasteiger partial charge < -0.3 is 4.74 Å². The minimum atomic E-state index is -0.695. The van der Waals surface area contributed by atoms with E-state index in [0.29, 0.717) is 0 Å². The fraction of sp³-hybridized carbons (Fsp3) is 0.250. The fourth-order valence-corrected chi connectivity index (χ4v) is 1.12. The smallest absolute Gasteiger partial charge is 0.412 e. The molecule has 0 aliphatic heterocycles.